The fraction of sp³-hybridized carbons (Fsp3) is 0.615. The molecule has 2 heterocycles. The van der Waals surface area contributed by atoms with Gasteiger partial charge in [0, 0.05) is 13.1 Å². The zero-order valence-electron chi connectivity index (χ0n) is 10.5. The van der Waals surface area contributed by atoms with Crippen molar-refractivity contribution in [3.8, 4) is 0 Å². The molecule has 0 aromatic carbocycles. The van der Waals surface area contributed by atoms with Gasteiger partial charge in [0.2, 0.25) is 0 Å². The van der Waals surface area contributed by atoms with Crippen molar-refractivity contribution in [2.45, 2.75) is 26.8 Å². The number of aryl methyl sites for hydroxylation is 1. The molecule has 3 atom stereocenters. The van der Waals surface area contributed by atoms with Gasteiger partial charge in [-0.25, -0.2) is 0 Å². The summed E-state index contributed by atoms with van der Waals surface area (Å²) < 4.78 is 5.60. The molecule has 17 heavy (non-hydrogen) atoms. The topological polar surface area (TPSA) is 53.7 Å². The van der Waals surface area contributed by atoms with Crippen LogP contribution in [0.2, 0.25) is 0 Å². The second-order valence-corrected chi connectivity index (χ2v) is 5.00. The van der Waals surface area contributed by atoms with Crippen LogP contribution in [0.5, 0.6) is 0 Å². The van der Waals surface area contributed by atoms with Gasteiger partial charge in [-0.15, -0.1) is 0 Å². The Morgan fingerprint density at radius 1 is 1.53 bits per heavy atom. The Hall–Kier alpha value is -1.29. The molecule has 0 aliphatic carbocycles. The molecule has 94 valence electrons. The van der Waals surface area contributed by atoms with Gasteiger partial charge in [-0.1, -0.05) is 6.92 Å². The molecule has 1 N–H and O–H groups in total. The molecule has 1 aromatic rings. The van der Waals surface area contributed by atoms with E-state index in [4.69, 9.17) is 9.52 Å². The Kier molecular flexibility index (Phi) is 3.24. The molecule has 0 spiro atoms. The van der Waals surface area contributed by atoms with E-state index in [1.807, 2.05) is 26.0 Å². The summed E-state index contributed by atoms with van der Waals surface area (Å²) in [5.74, 6) is 1.07. The zero-order valence-corrected chi connectivity index (χ0v) is 10.5. The van der Waals surface area contributed by atoms with Gasteiger partial charge in [-0.05, 0) is 31.9 Å². The number of likely N-dealkylation sites (tertiary alicyclic amines) is 1. The quantitative estimate of drug-likeness (QED) is 0.876. The van der Waals surface area contributed by atoms with Crippen LogP contribution in [0.4, 0.5) is 0 Å². The maximum atomic E-state index is 11.1. The lowest BCUT2D eigenvalue weighted by atomic mass is 9.99. The first kappa shape index (κ1) is 12.2. The second-order valence-electron chi connectivity index (χ2n) is 5.00. The molecule has 4 nitrogen and oxygen atoms in total. The van der Waals surface area contributed by atoms with Crippen LogP contribution >= 0.6 is 0 Å². The summed E-state index contributed by atoms with van der Waals surface area (Å²) >= 11 is 0. The number of hydrogen-bond donors (Lipinski definition) is 1. The first-order valence-electron chi connectivity index (χ1n) is 6.02. The second kappa shape index (κ2) is 4.53. The lowest BCUT2D eigenvalue weighted by Crippen LogP contribution is -2.26. The third kappa shape index (κ3) is 2.36. The van der Waals surface area contributed by atoms with E-state index in [0.29, 0.717) is 6.54 Å². The third-order valence-electron chi connectivity index (χ3n) is 3.68. The van der Waals surface area contributed by atoms with Crippen molar-refractivity contribution < 1.29 is 14.3 Å². The van der Waals surface area contributed by atoms with Gasteiger partial charge >= 0.3 is 5.97 Å². The van der Waals surface area contributed by atoms with Crippen LogP contribution in [0.3, 0.4) is 0 Å². The zero-order chi connectivity index (χ0) is 12.6. The minimum Gasteiger partial charge on any atom is -0.481 e. The van der Waals surface area contributed by atoms with Gasteiger partial charge in [0.1, 0.15) is 11.5 Å². The summed E-state index contributed by atoms with van der Waals surface area (Å²) in [6.07, 6.45) is 0. The smallest absolute Gasteiger partial charge is 0.308 e. The Balaban J connectivity index is 2.07. The molecule has 0 saturated carbocycles. The van der Waals surface area contributed by atoms with Crippen molar-refractivity contribution in [2.24, 2.45) is 11.8 Å². The number of furan rings is 1. The lowest BCUT2D eigenvalue weighted by Gasteiger charge is -2.22. The highest BCUT2D eigenvalue weighted by molar-refractivity contribution is 5.71. The van der Waals surface area contributed by atoms with Crippen LogP contribution in [-0.4, -0.2) is 29.1 Å². The Bertz CT molecular complexity index is 413. The standard InChI is InChI=1S/C13H19NO3/c1-8-6-14(7-11(8)13(15)16)10(3)12-5-4-9(2)17-12/h4-5,8,10-11H,6-7H2,1-3H3,(H,15,16)/t8-,10?,11-/m1/s1. The molecule has 1 aromatic heterocycles. The highest BCUT2D eigenvalue weighted by atomic mass is 16.4. The van der Waals surface area contributed by atoms with Crippen molar-refractivity contribution in [1.82, 2.24) is 4.90 Å². The van der Waals surface area contributed by atoms with Gasteiger partial charge in [-0.3, -0.25) is 9.69 Å². The normalized spacial score (nSPS) is 27.2. The lowest BCUT2D eigenvalue weighted by molar-refractivity contribution is -0.142. The molecule has 1 saturated heterocycles. The number of aliphatic carboxylic acids is 1. The Morgan fingerprint density at radius 3 is 2.71 bits per heavy atom. The van der Waals surface area contributed by atoms with Gasteiger partial charge in [0.05, 0.1) is 12.0 Å². The van der Waals surface area contributed by atoms with Crippen LogP contribution in [0, 0.1) is 18.8 Å². The van der Waals surface area contributed by atoms with E-state index in [0.717, 1.165) is 18.1 Å². The minimum atomic E-state index is -0.692. The van der Waals surface area contributed by atoms with E-state index in [1.165, 1.54) is 0 Å². The molecular weight excluding hydrogens is 218 g/mol. The maximum absolute atomic E-state index is 11.1. The fourth-order valence-corrected chi connectivity index (χ4v) is 2.50. The van der Waals surface area contributed by atoms with E-state index in [2.05, 4.69) is 11.8 Å². The number of carbonyl (C=O) groups is 1. The van der Waals surface area contributed by atoms with Gasteiger partial charge in [-0.2, -0.15) is 0 Å². The van der Waals surface area contributed by atoms with E-state index in [1.54, 1.807) is 0 Å². The minimum absolute atomic E-state index is 0.149. The molecule has 1 aliphatic heterocycles. The first-order chi connectivity index (χ1) is 7.99. The van der Waals surface area contributed by atoms with Gasteiger partial charge in [0.15, 0.2) is 0 Å². The molecule has 1 fully saturated rings. The van der Waals surface area contributed by atoms with E-state index < -0.39 is 5.97 Å². The molecule has 0 radical (unpaired) electrons. The summed E-state index contributed by atoms with van der Waals surface area (Å²) in [5.41, 5.74) is 0. The summed E-state index contributed by atoms with van der Waals surface area (Å²) in [4.78, 5) is 13.3. The molecule has 0 amide bonds. The van der Waals surface area contributed by atoms with Crippen molar-refractivity contribution in [3.05, 3.63) is 23.7 Å². The van der Waals surface area contributed by atoms with Gasteiger partial charge in [0.25, 0.3) is 0 Å². The number of nitrogens with zero attached hydrogens (tertiary/aromatic N) is 1. The van der Waals surface area contributed by atoms with Crippen LogP contribution in [-0.2, 0) is 4.79 Å². The largest absolute Gasteiger partial charge is 0.481 e. The Morgan fingerprint density at radius 2 is 2.24 bits per heavy atom. The molecule has 4 heteroatoms. The SMILES string of the molecule is Cc1ccc(C(C)N2C[C@@H](C)[C@H](C(=O)O)C2)o1. The molecular formula is C13H19NO3. The maximum Gasteiger partial charge on any atom is 0.308 e. The van der Waals surface area contributed by atoms with Crippen LogP contribution < -0.4 is 0 Å². The third-order valence-corrected chi connectivity index (χ3v) is 3.68. The van der Waals surface area contributed by atoms with Crippen LogP contribution in [0.25, 0.3) is 0 Å². The highest BCUT2D eigenvalue weighted by Crippen LogP contribution is 2.31. The summed E-state index contributed by atoms with van der Waals surface area (Å²) in [6.45, 7) is 7.41. The summed E-state index contributed by atoms with van der Waals surface area (Å²) in [5, 5.41) is 9.11. The Labute approximate surface area is 101 Å². The number of hydrogen-bond acceptors (Lipinski definition) is 3. The average Bonchev–Trinajstić information content (AvgIpc) is 2.83. The summed E-state index contributed by atoms with van der Waals surface area (Å²) in [7, 11) is 0. The molecule has 1 aliphatic rings. The van der Waals surface area contributed by atoms with Crippen LogP contribution in [0.15, 0.2) is 16.5 Å². The van der Waals surface area contributed by atoms with Gasteiger partial charge < -0.3 is 9.52 Å². The monoisotopic (exact) mass is 237 g/mol. The van der Waals surface area contributed by atoms with Crippen molar-refractivity contribution >= 4 is 5.97 Å². The number of carboxylic acids is 1. The first-order valence-corrected chi connectivity index (χ1v) is 6.02. The number of carboxylic acid groups (broad SMARTS) is 1. The van der Waals surface area contributed by atoms with Crippen LogP contribution in [0.1, 0.15) is 31.4 Å². The van der Waals surface area contributed by atoms with Crippen molar-refractivity contribution in [1.29, 1.82) is 0 Å². The van der Waals surface area contributed by atoms with Crippen molar-refractivity contribution in [3.63, 3.8) is 0 Å². The molecule has 0 bridgehead atoms. The molecule has 1 unspecified atom stereocenters. The highest BCUT2D eigenvalue weighted by Gasteiger charge is 2.37. The fourth-order valence-electron chi connectivity index (χ4n) is 2.50. The summed E-state index contributed by atoms with van der Waals surface area (Å²) in [6, 6.07) is 4.06. The predicted octanol–water partition coefficient (Wildman–Crippen LogP) is 2.30. The van der Waals surface area contributed by atoms with E-state index >= 15 is 0 Å². The van der Waals surface area contributed by atoms with E-state index in [9.17, 15) is 4.79 Å². The molecule has 2 rings (SSSR count). The predicted molar refractivity (Wildman–Crippen MR) is 63.7 cm³/mol. The van der Waals surface area contributed by atoms with Crippen molar-refractivity contribution in [2.75, 3.05) is 13.1 Å². The average molecular weight is 237 g/mol. The van der Waals surface area contributed by atoms with E-state index in [-0.39, 0.29) is 17.9 Å². The number of rotatable bonds is 3.